The molecular weight excluding hydrogens is 228 g/mol. The van der Waals surface area contributed by atoms with Crippen molar-refractivity contribution in [3.05, 3.63) is 28.5 Å². The summed E-state index contributed by atoms with van der Waals surface area (Å²) in [6.07, 6.45) is 1.84. The first-order chi connectivity index (χ1) is 6.15. The summed E-state index contributed by atoms with van der Waals surface area (Å²) in [5, 5.41) is 3.26. The minimum absolute atomic E-state index is 0.341. The first kappa shape index (κ1) is 10.7. The highest BCUT2D eigenvalue weighted by Gasteiger charge is 2.13. The van der Waals surface area contributed by atoms with Gasteiger partial charge < -0.3 is 5.32 Å². The summed E-state index contributed by atoms with van der Waals surface area (Å²) < 4.78 is 1.02. The number of hydrogen-bond donors (Lipinski definition) is 1. The van der Waals surface area contributed by atoms with Gasteiger partial charge in [-0.2, -0.15) is 0 Å². The van der Waals surface area contributed by atoms with Crippen LogP contribution in [0.2, 0.25) is 0 Å². The molecule has 13 heavy (non-hydrogen) atoms. The van der Waals surface area contributed by atoms with Gasteiger partial charge in [0.15, 0.2) is 0 Å². The van der Waals surface area contributed by atoms with Crippen LogP contribution in [-0.4, -0.2) is 12.0 Å². The monoisotopic (exact) mass is 242 g/mol. The fourth-order valence-electron chi connectivity index (χ4n) is 1.39. The number of nitrogens with one attached hydrogen (secondary N) is 1. The summed E-state index contributed by atoms with van der Waals surface area (Å²) in [4.78, 5) is 4.36. The van der Waals surface area contributed by atoms with Crippen molar-refractivity contribution < 1.29 is 0 Å². The van der Waals surface area contributed by atoms with Crippen LogP contribution in [0.3, 0.4) is 0 Å². The zero-order valence-electron chi connectivity index (χ0n) is 8.21. The maximum Gasteiger partial charge on any atom is 0.0576 e. The number of rotatable bonds is 3. The lowest BCUT2D eigenvalue weighted by atomic mass is 10.0. The van der Waals surface area contributed by atoms with E-state index in [0.29, 0.717) is 12.0 Å². The fraction of sp³-hybridized carbons (Fsp3) is 0.500. The molecule has 1 aromatic heterocycles. The van der Waals surface area contributed by atoms with Gasteiger partial charge in [-0.15, -0.1) is 0 Å². The van der Waals surface area contributed by atoms with Gasteiger partial charge >= 0.3 is 0 Å². The molecule has 0 saturated heterocycles. The smallest absolute Gasteiger partial charge is 0.0576 e. The number of aromatic nitrogens is 1. The molecule has 1 N–H and O–H groups in total. The minimum Gasteiger partial charge on any atom is -0.311 e. The third-order valence-electron chi connectivity index (χ3n) is 2.05. The average Bonchev–Trinajstić information content (AvgIpc) is 2.09. The molecule has 0 aromatic carbocycles. The highest BCUT2D eigenvalue weighted by atomic mass is 79.9. The maximum atomic E-state index is 4.36. The van der Waals surface area contributed by atoms with Gasteiger partial charge in [0.2, 0.25) is 0 Å². The van der Waals surface area contributed by atoms with Crippen molar-refractivity contribution in [3.8, 4) is 0 Å². The van der Waals surface area contributed by atoms with E-state index in [9.17, 15) is 0 Å². The average molecular weight is 243 g/mol. The second-order valence-electron chi connectivity index (χ2n) is 3.41. The molecule has 1 heterocycles. The molecule has 0 aliphatic carbocycles. The van der Waals surface area contributed by atoms with Gasteiger partial charge in [-0.1, -0.05) is 13.8 Å². The van der Waals surface area contributed by atoms with Gasteiger partial charge in [0.05, 0.1) is 11.7 Å². The minimum atomic E-state index is 0.341. The molecule has 1 aromatic rings. The molecule has 0 spiro atoms. The second-order valence-corrected chi connectivity index (χ2v) is 4.33. The molecule has 0 amide bonds. The Hall–Kier alpha value is -0.410. The predicted octanol–water partition coefficient (Wildman–Crippen LogP) is 2.76. The summed E-state index contributed by atoms with van der Waals surface area (Å²) in [6, 6.07) is 4.41. The fourth-order valence-corrected chi connectivity index (χ4v) is 1.63. The quantitative estimate of drug-likeness (QED) is 0.882. The molecule has 72 valence electrons. The third kappa shape index (κ3) is 2.78. The van der Waals surface area contributed by atoms with Crippen molar-refractivity contribution in [1.29, 1.82) is 0 Å². The van der Waals surface area contributed by atoms with E-state index >= 15 is 0 Å². The number of nitrogens with zero attached hydrogens (tertiary/aromatic N) is 1. The molecule has 0 radical (unpaired) electrons. The summed E-state index contributed by atoms with van der Waals surface area (Å²) in [5.41, 5.74) is 1.10. The Morgan fingerprint density at radius 2 is 2.08 bits per heavy atom. The van der Waals surface area contributed by atoms with E-state index in [1.807, 2.05) is 25.4 Å². The van der Waals surface area contributed by atoms with Crippen LogP contribution in [0.4, 0.5) is 0 Å². The van der Waals surface area contributed by atoms with Crippen molar-refractivity contribution in [1.82, 2.24) is 10.3 Å². The van der Waals surface area contributed by atoms with Crippen LogP contribution in [0, 0.1) is 5.92 Å². The molecule has 1 unspecified atom stereocenters. The van der Waals surface area contributed by atoms with Crippen LogP contribution in [0.25, 0.3) is 0 Å². The highest BCUT2D eigenvalue weighted by molar-refractivity contribution is 9.10. The van der Waals surface area contributed by atoms with Crippen molar-refractivity contribution in [2.45, 2.75) is 19.9 Å². The highest BCUT2D eigenvalue weighted by Crippen LogP contribution is 2.20. The molecule has 0 aliphatic heterocycles. The third-order valence-corrected chi connectivity index (χ3v) is 2.52. The van der Waals surface area contributed by atoms with E-state index in [0.717, 1.165) is 10.2 Å². The first-order valence-electron chi connectivity index (χ1n) is 4.44. The van der Waals surface area contributed by atoms with Crippen LogP contribution in [0.15, 0.2) is 22.8 Å². The SMILES string of the molecule is CNC(c1ccc(Br)cn1)C(C)C. The Balaban J connectivity index is 2.86. The van der Waals surface area contributed by atoms with Crippen molar-refractivity contribution in [2.24, 2.45) is 5.92 Å². The largest absolute Gasteiger partial charge is 0.311 e. The zero-order chi connectivity index (χ0) is 9.84. The lowest BCUT2D eigenvalue weighted by Crippen LogP contribution is -2.22. The van der Waals surface area contributed by atoms with E-state index in [1.165, 1.54) is 0 Å². The van der Waals surface area contributed by atoms with Gasteiger partial charge in [0.25, 0.3) is 0 Å². The first-order valence-corrected chi connectivity index (χ1v) is 5.23. The second kappa shape index (κ2) is 4.72. The zero-order valence-corrected chi connectivity index (χ0v) is 9.80. The summed E-state index contributed by atoms with van der Waals surface area (Å²) >= 11 is 3.37. The molecule has 3 heteroatoms. The molecule has 0 fully saturated rings. The standard InChI is InChI=1S/C10H15BrN2/c1-7(2)10(12-3)9-5-4-8(11)6-13-9/h4-7,10,12H,1-3H3. The molecule has 0 saturated carbocycles. The Labute approximate surface area is 87.9 Å². The Morgan fingerprint density at radius 1 is 1.38 bits per heavy atom. The van der Waals surface area contributed by atoms with Crippen LogP contribution in [-0.2, 0) is 0 Å². The molecule has 2 nitrogen and oxygen atoms in total. The molecule has 1 atom stereocenters. The van der Waals surface area contributed by atoms with Crippen molar-refractivity contribution in [2.75, 3.05) is 7.05 Å². The molecule has 1 rings (SSSR count). The van der Waals surface area contributed by atoms with Gasteiger partial charge in [-0.05, 0) is 41.0 Å². The Bertz CT molecular complexity index is 256. The lowest BCUT2D eigenvalue weighted by Gasteiger charge is -2.19. The predicted molar refractivity (Wildman–Crippen MR) is 58.6 cm³/mol. The van der Waals surface area contributed by atoms with Crippen molar-refractivity contribution in [3.63, 3.8) is 0 Å². The van der Waals surface area contributed by atoms with E-state index in [-0.39, 0.29) is 0 Å². The summed E-state index contributed by atoms with van der Waals surface area (Å²) in [7, 11) is 1.97. The summed E-state index contributed by atoms with van der Waals surface area (Å²) in [6.45, 7) is 4.37. The van der Waals surface area contributed by atoms with E-state index in [1.54, 1.807) is 0 Å². The van der Waals surface area contributed by atoms with E-state index in [2.05, 4.69) is 40.1 Å². The molecule has 0 bridgehead atoms. The van der Waals surface area contributed by atoms with Crippen LogP contribution in [0.5, 0.6) is 0 Å². The number of hydrogen-bond acceptors (Lipinski definition) is 2. The van der Waals surface area contributed by atoms with Crippen LogP contribution < -0.4 is 5.32 Å². The normalized spacial score (nSPS) is 13.3. The number of pyridine rings is 1. The van der Waals surface area contributed by atoms with Crippen LogP contribution >= 0.6 is 15.9 Å². The van der Waals surface area contributed by atoms with Gasteiger partial charge in [-0.3, -0.25) is 4.98 Å². The Kier molecular flexibility index (Phi) is 3.88. The summed E-state index contributed by atoms with van der Waals surface area (Å²) in [5.74, 6) is 0.554. The van der Waals surface area contributed by atoms with E-state index in [4.69, 9.17) is 0 Å². The topological polar surface area (TPSA) is 24.9 Å². The van der Waals surface area contributed by atoms with Crippen LogP contribution in [0.1, 0.15) is 25.6 Å². The molecular formula is C10H15BrN2. The maximum absolute atomic E-state index is 4.36. The Morgan fingerprint density at radius 3 is 2.46 bits per heavy atom. The molecule has 0 aliphatic rings. The lowest BCUT2D eigenvalue weighted by molar-refractivity contribution is 0.433. The van der Waals surface area contributed by atoms with Crippen molar-refractivity contribution >= 4 is 15.9 Å². The van der Waals surface area contributed by atoms with E-state index < -0.39 is 0 Å². The van der Waals surface area contributed by atoms with Gasteiger partial charge in [0.1, 0.15) is 0 Å². The van der Waals surface area contributed by atoms with Gasteiger partial charge in [-0.25, -0.2) is 0 Å². The van der Waals surface area contributed by atoms with Gasteiger partial charge in [0, 0.05) is 10.7 Å². The number of halogens is 1.